The number of aromatic nitrogens is 3. The van der Waals surface area contributed by atoms with E-state index in [2.05, 4.69) is 21.0 Å². The molecule has 5 heteroatoms. The Bertz CT molecular complexity index is 770. The molecule has 3 aromatic heterocycles. The third kappa shape index (κ3) is 1.99. The Morgan fingerprint density at radius 1 is 1.20 bits per heavy atom. The maximum absolute atomic E-state index is 9.27. The number of aromatic amines is 1. The molecule has 3 heterocycles. The second-order valence-corrected chi connectivity index (χ2v) is 4.25. The van der Waals surface area contributed by atoms with Gasteiger partial charge >= 0.3 is 0 Å². The number of anilines is 1. The monoisotopic (exact) mass is 261 g/mol. The second kappa shape index (κ2) is 4.86. The average molecular weight is 261 g/mol. The highest BCUT2D eigenvalue weighted by atomic mass is 14.9. The van der Waals surface area contributed by atoms with Gasteiger partial charge < -0.3 is 10.7 Å². The molecule has 5 nitrogen and oxygen atoms in total. The van der Waals surface area contributed by atoms with Crippen LogP contribution in [0.4, 0.5) is 5.82 Å². The fraction of sp³-hybridized carbons (Fsp3) is 0. The highest BCUT2D eigenvalue weighted by molar-refractivity contribution is 5.78. The molecule has 0 amide bonds. The molecular formula is C15H11N5. The van der Waals surface area contributed by atoms with Gasteiger partial charge in [-0.1, -0.05) is 0 Å². The molecule has 0 aliphatic rings. The van der Waals surface area contributed by atoms with E-state index in [4.69, 9.17) is 5.73 Å². The fourth-order valence-corrected chi connectivity index (χ4v) is 2.06. The molecule has 0 saturated heterocycles. The summed E-state index contributed by atoms with van der Waals surface area (Å²) in [6, 6.07) is 11.4. The van der Waals surface area contributed by atoms with Crippen LogP contribution in [0.5, 0.6) is 0 Å². The minimum atomic E-state index is 0.228. The van der Waals surface area contributed by atoms with Crippen LogP contribution in [0.15, 0.2) is 48.9 Å². The molecule has 0 unspecified atom stereocenters. The van der Waals surface area contributed by atoms with Crippen LogP contribution in [-0.2, 0) is 0 Å². The van der Waals surface area contributed by atoms with Gasteiger partial charge in [0.05, 0.1) is 5.69 Å². The smallest absolute Gasteiger partial charge is 0.142 e. The minimum Gasteiger partial charge on any atom is -0.383 e. The molecule has 3 rings (SSSR count). The zero-order chi connectivity index (χ0) is 13.9. The number of nitrogens with one attached hydrogen (secondary N) is 1. The van der Waals surface area contributed by atoms with Crippen molar-refractivity contribution in [1.29, 1.82) is 5.26 Å². The highest BCUT2D eigenvalue weighted by Crippen LogP contribution is 2.29. The lowest BCUT2D eigenvalue weighted by Gasteiger charge is -2.08. The van der Waals surface area contributed by atoms with Gasteiger partial charge in [-0.05, 0) is 30.3 Å². The van der Waals surface area contributed by atoms with Crippen molar-refractivity contribution in [2.45, 2.75) is 0 Å². The van der Waals surface area contributed by atoms with Gasteiger partial charge in [-0.25, -0.2) is 4.98 Å². The maximum Gasteiger partial charge on any atom is 0.142 e. The first-order chi connectivity index (χ1) is 9.79. The molecule has 20 heavy (non-hydrogen) atoms. The van der Waals surface area contributed by atoms with Crippen molar-refractivity contribution in [2.75, 3.05) is 5.73 Å². The number of pyridine rings is 2. The predicted molar refractivity (Wildman–Crippen MR) is 76.4 cm³/mol. The number of nitrogens with zero attached hydrogens (tertiary/aromatic N) is 3. The van der Waals surface area contributed by atoms with E-state index in [1.165, 1.54) is 0 Å². The number of nitrogen functional groups attached to an aromatic ring is 1. The topological polar surface area (TPSA) is 91.4 Å². The molecule has 0 saturated carbocycles. The molecule has 3 aromatic rings. The van der Waals surface area contributed by atoms with Crippen molar-refractivity contribution in [3.05, 3.63) is 54.5 Å². The first kappa shape index (κ1) is 11.9. The zero-order valence-electron chi connectivity index (χ0n) is 10.5. The SMILES string of the molecule is N#Cc1c(-c2ccc[nH]2)cc(-c2ccncc2)nc1N. The fourth-order valence-electron chi connectivity index (χ4n) is 2.06. The predicted octanol–water partition coefficient (Wildman–Crippen LogP) is 2.59. The van der Waals surface area contributed by atoms with Gasteiger partial charge in [0.15, 0.2) is 0 Å². The Kier molecular flexibility index (Phi) is 2.90. The normalized spacial score (nSPS) is 10.2. The van der Waals surface area contributed by atoms with E-state index in [9.17, 15) is 5.26 Å². The van der Waals surface area contributed by atoms with Crippen molar-refractivity contribution in [3.63, 3.8) is 0 Å². The Hall–Kier alpha value is -3.13. The van der Waals surface area contributed by atoms with Crippen LogP contribution < -0.4 is 5.73 Å². The molecule has 0 aromatic carbocycles. The second-order valence-electron chi connectivity index (χ2n) is 4.25. The summed E-state index contributed by atoms with van der Waals surface area (Å²) >= 11 is 0. The van der Waals surface area contributed by atoms with E-state index >= 15 is 0 Å². The van der Waals surface area contributed by atoms with Crippen LogP contribution >= 0.6 is 0 Å². The Labute approximate surface area is 115 Å². The van der Waals surface area contributed by atoms with Gasteiger partial charge in [0.2, 0.25) is 0 Å². The summed E-state index contributed by atoms with van der Waals surface area (Å²) in [4.78, 5) is 11.4. The van der Waals surface area contributed by atoms with Crippen molar-refractivity contribution in [2.24, 2.45) is 0 Å². The molecule has 0 bridgehead atoms. The van der Waals surface area contributed by atoms with E-state index in [0.717, 1.165) is 16.8 Å². The largest absolute Gasteiger partial charge is 0.383 e. The number of rotatable bonds is 2. The molecule has 0 fully saturated rings. The average Bonchev–Trinajstić information content (AvgIpc) is 3.01. The van der Waals surface area contributed by atoms with Crippen molar-refractivity contribution in [3.8, 4) is 28.6 Å². The summed E-state index contributed by atoms with van der Waals surface area (Å²) in [5.74, 6) is 0.228. The summed E-state index contributed by atoms with van der Waals surface area (Å²) in [6.07, 6.45) is 5.19. The molecule has 0 spiro atoms. The summed E-state index contributed by atoms with van der Waals surface area (Å²) in [5, 5.41) is 9.27. The summed E-state index contributed by atoms with van der Waals surface area (Å²) in [5.41, 5.74) is 9.50. The van der Waals surface area contributed by atoms with Crippen LogP contribution in [0, 0.1) is 11.3 Å². The third-order valence-corrected chi connectivity index (χ3v) is 3.02. The Balaban J connectivity index is 2.24. The standard InChI is InChI=1S/C15H11N5/c16-9-12-11(13-2-1-5-19-13)8-14(20-15(12)17)10-3-6-18-7-4-10/h1-8,19H,(H2,17,20). The van der Waals surface area contributed by atoms with Crippen molar-refractivity contribution >= 4 is 5.82 Å². The molecule has 0 radical (unpaired) electrons. The molecule has 0 atom stereocenters. The number of hydrogen-bond donors (Lipinski definition) is 2. The molecule has 0 aliphatic heterocycles. The lowest BCUT2D eigenvalue weighted by molar-refractivity contribution is 1.27. The number of nitrogens with two attached hydrogens (primary N) is 1. The first-order valence-electron chi connectivity index (χ1n) is 6.04. The summed E-state index contributed by atoms with van der Waals surface area (Å²) in [7, 11) is 0. The van der Waals surface area contributed by atoms with Crippen molar-refractivity contribution < 1.29 is 0 Å². The van der Waals surface area contributed by atoms with Gasteiger partial charge in [-0.2, -0.15) is 5.26 Å². The van der Waals surface area contributed by atoms with Gasteiger partial charge in [0, 0.05) is 35.4 Å². The lowest BCUT2D eigenvalue weighted by Crippen LogP contribution is -1.99. The summed E-state index contributed by atoms with van der Waals surface area (Å²) < 4.78 is 0. The molecule has 96 valence electrons. The molecular weight excluding hydrogens is 250 g/mol. The molecule has 0 aliphatic carbocycles. The van der Waals surface area contributed by atoms with Crippen LogP contribution in [0.3, 0.4) is 0 Å². The number of hydrogen-bond acceptors (Lipinski definition) is 4. The van der Waals surface area contributed by atoms with E-state index in [1.807, 2.05) is 30.3 Å². The van der Waals surface area contributed by atoms with E-state index in [0.29, 0.717) is 11.3 Å². The van der Waals surface area contributed by atoms with Crippen LogP contribution in [-0.4, -0.2) is 15.0 Å². The zero-order valence-corrected chi connectivity index (χ0v) is 10.5. The highest BCUT2D eigenvalue weighted by Gasteiger charge is 2.13. The van der Waals surface area contributed by atoms with E-state index in [1.54, 1.807) is 18.6 Å². The minimum absolute atomic E-state index is 0.228. The lowest BCUT2D eigenvalue weighted by atomic mass is 10.0. The third-order valence-electron chi connectivity index (χ3n) is 3.02. The van der Waals surface area contributed by atoms with Crippen LogP contribution in [0.25, 0.3) is 22.5 Å². The summed E-state index contributed by atoms with van der Waals surface area (Å²) in [6.45, 7) is 0. The quantitative estimate of drug-likeness (QED) is 0.741. The number of H-pyrrole nitrogens is 1. The van der Waals surface area contributed by atoms with E-state index < -0.39 is 0 Å². The Morgan fingerprint density at radius 2 is 2.00 bits per heavy atom. The maximum atomic E-state index is 9.27. The van der Waals surface area contributed by atoms with Crippen LogP contribution in [0.2, 0.25) is 0 Å². The van der Waals surface area contributed by atoms with Gasteiger partial charge in [-0.3, -0.25) is 4.98 Å². The van der Waals surface area contributed by atoms with Crippen LogP contribution in [0.1, 0.15) is 5.56 Å². The van der Waals surface area contributed by atoms with Gasteiger partial charge in [-0.15, -0.1) is 0 Å². The van der Waals surface area contributed by atoms with Crippen molar-refractivity contribution in [1.82, 2.24) is 15.0 Å². The Morgan fingerprint density at radius 3 is 2.65 bits per heavy atom. The first-order valence-corrected chi connectivity index (χ1v) is 6.04. The number of nitriles is 1. The van der Waals surface area contributed by atoms with Gasteiger partial charge in [0.1, 0.15) is 17.5 Å². The van der Waals surface area contributed by atoms with Gasteiger partial charge in [0.25, 0.3) is 0 Å². The molecule has 3 N–H and O–H groups in total. The van der Waals surface area contributed by atoms with E-state index in [-0.39, 0.29) is 5.82 Å².